The summed E-state index contributed by atoms with van der Waals surface area (Å²) in [5.74, 6) is 0. The van der Waals surface area contributed by atoms with E-state index in [1.54, 1.807) is 22.1 Å². The molecule has 5 heteroatoms. The van der Waals surface area contributed by atoms with Gasteiger partial charge in [-0.1, -0.05) is 6.07 Å². The van der Waals surface area contributed by atoms with Gasteiger partial charge in [0.2, 0.25) is 0 Å². The molecule has 0 fully saturated rings. The number of pyridine rings is 2. The minimum Gasteiger partial charge on any atom is -0.314 e. The molecule has 0 amide bonds. The molecule has 0 spiro atoms. The number of fused-ring (bicyclic) bond motifs is 1. The Morgan fingerprint density at radius 2 is 2.25 bits per heavy atom. The van der Waals surface area contributed by atoms with Crippen molar-refractivity contribution in [1.29, 1.82) is 0 Å². The average Bonchev–Trinajstić information content (AvgIpc) is 2.96. The highest BCUT2D eigenvalue weighted by molar-refractivity contribution is 7.17. The Morgan fingerprint density at radius 3 is 3.10 bits per heavy atom. The van der Waals surface area contributed by atoms with Crippen LogP contribution in [0.15, 0.2) is 53.0 Å². The van der Waals surface area contributed by atoms with Crippen LogP contribution in [0.4, 0.5) is 0 Å². The highest BCUT2D eigenvalue weighted by Crippen LogP contribution is 2.15. The summed E-state index contributed by atoms with van der Waals surface area (Å²) in [5, 5.41) is 6.09. The number of aromatic nitrogens is 2. The largest absolute Gasteiger partial charge is 0.314 e. The van der Waals surface area contributed by atoms with Crippen LogP contribution in [0.25, 0.3) is 10.1 Å². The van der Waals surface area contributed by atoms with Crippen LogP contribution in [-0.2, 0) is 13.1 Å². The fourth-order valence-electron chi connectivity index (χ4n) is 2.12. The van der Waals surface area contributed by atoms with E-state index in [4.69, 9.17) is 0 Å². The van der Waals surface area contributed by atoms with E-state index in [9.17, 15) is 4.79 Å². The predicted molar refractivity (Wildman–Crippen MR) is 82.0 cm³/mol. The maximum Gasteiger partial charge on any atom is 0.259 e. The average molecular weight is 285 g/mol. The molecule has 0 aromatic carbocycles. The Bertz CT molecular complexity index is 748. The van der Waals surface area contributed by atoms with Crippen LogP contribution in [0.5, 0.6) is 0 Å². The molecule has 3 rings (SSSR count). The summed E-state index contributed by atoms with van der Waals surface area (Å²) in [6.45, 7) is 2.19. The summed E-state index contributed by atoms with van der Waals surface area (Å²) < 4.78 is 2.81. The van der Waals surface area contributed by atoms with Crippen molar-refractivity contribution in [3.8, 4) is 0 Å². The van der Waals surface area contributed by atoms with E-state index >= 15 is 0 Å². The van der Waals surface area contributed by atoms with E-state index < -0.39 is 0 Å². The van der Waals surface area contributed by atoms with Gasteiger partial charge in [-0.25, -0.2) is 0 Å². The van der Waals surface area contributed by atoms with Crippen LogP contribution in [0.2, 0.25) is 0 Å². The third-order valence-corrected chi connectivity index (χ3v) is 4.06. The van der Waals surface area contributed by atoms with Crippen molar-refractivity contribution in [2.45, 2.75) is 13.1 Å². The van der Waals surface area contributed by atoms with Crippen molar-refractivity contribution in [1.82, 2.24) is 14.9 Å². The first-order valence-corrected chi connectivity index (χ1v) is 7.39. The number of hydrogen-bond donors (Lipinski definition) is 1. The molecule has 20 heavy (non-hydrogen) atoms. The first-order valence-electron chi connectivity index (χ1n) is 6.51. The number of hydrogen-bond acceptors (Lipinski definition) is 4. The maximum absolute atomic E-state index is 12.2. The summed E-state index contributed by atoms with van der Waals surface area (Å²) in [6.07, 6.45) is 5.47. The number of rotatable bonds is 5. The van der Waals surface area contributed by atoms with Gasteiger partial charge < -0.3 is 9.88 Å². The molecule has 0 atom stereocenters. The Balaban J connectivity index is 1.60. The zero-order valence-electron chi connectivity index (χ0n) is 11.0. The van der Waals surface area contributed by atoms with E-state index in [-0.39, 0.29) is 5.56 Å². The molecule has 0 aliphatic carbocycles. The van der Waals surface area contributed by atoms with E-state index in [1.165, 1.54) is 0 Å². The monoisotopic (exact) mass is 285 g/mol. The number of thiophene rings is 1. The normalized spacial score (nSPS) is 11.0. The molecule has 3 heterocycles. The molecule has 0 bridgehead atoms. The summed E-state index contributed by atoms with van der Waals surface area (Å²) in [6, 6.07) is 7.85. The molecule has 0 saturated heterocycles. The van der Waals surface area contributed by atoms with Crippen molar-refractivity contribution >= 4 is 21.4 Å². The summed E-state index contributed by atoms with van der Waals surface area (Å²) in [4.78, 5) is 16.3. The minimum atomic E-state index is 0.0897. The predicted octanol–water partition coefficient (Wildman–Crippen LogP) is 2.25. The molecule has 0 unspecified atom stereocenters. The lowest BCUT2D eigenvalue weighted by molar-refractivity contribution is 0.587. The lowest BCUT2D eigenvalue weighted by Gasteiger charge is -2.07. The first kappa shape index (κ1) is 13.0. The second kappa shape index (κ2) is 5.98. The standard InChI is InChI=1S/C15H15N3OS/c19-15-13-4-9-20-14(13)3-7-18(15)8-6-17-11-12-2-1-5-16-10-12/h1-5,7,9-10,17H,6,8,11H2. The Morgan fingerprint density at radius 1 is 1.30 bits per heavy atom. The minimum absolute atomic E-state index is 0.0897. The van der Waals surface area contributed by atoms with Crippen LogP contribution in [0.3, 0.4) is 0 Å². The van der Waals surface area contributed by atoms with Gasteiger partial charge in [-0.15, -0.1) is 11.3 Å². The lowest BCUT2D eigenvalue weighted by Crippen LogP contribution is -2.26. The first-order chi connectivity index (χ1) is 9.84. The molecule has 0 radical (unpaired) electrons. The van der Waals surface area contributed by atoms with Gasteiger partial charge in [-0.2, -0.15) is 0 Å². The van der Waals surface area contributed by atoms with Gasteiger partial charge >= 0.3 is 0 Å². The van der Waals surface area contributed by atoms with Crippen molar-refractivity contribution in [2.75, 3.05) is 6.54 Å². The fourth-order valence-corrected chi connectivity index (χ4v) is 2.89. The second-order valence-electron chi connectivity index (χ2n) is 4.55. The molecular weight excluding hydrogens is 270 g/mol. The van der Waals surface area contributed by atoms with Crippen LogP contribution >= 0.6 is 11.3 Å². The third-order valence-electron chi connectivity index (χ3n) is 3.17. The van der Waals surface area contributed by atoms with E-state index in [0.29, 0.717) is 6.54 Å². The highest BCUT2D eigenvalue weighted by Gasteiger charge is 2.03. The maximum atomic E-state index is 12.2. The van der Waals surface area contributed by atoms with Gasteiger partial charge in [0.15, 0.2) is 0 Å². The smallest absolute Gasteiger partial charge is 0.259 e. The van der Waals surface area contributed by atoms with Crippen molar-refractivity contribution < 1.29 is 0 Å². The van der Waals surface area contributed by atoms with Crippen molar-refractivity contribution in [3.05, 3.63) is 64.2 Å². The van der Waals surface area contributed by atoms with Crippen molar-refractivity contribution in [2.24, 2.45) is 0 Å². The van der Waals surface area contributed by atoms with Gasteiger partial charge in [0.05, 0.1) is 5.39 Å². The number of nitrogens with zero attached hydrogens (tertiary/aromatic N) is 2. The summed E-state index contributed by atoms with van der Waals surface area (Å²) in [7, 11) is 0. The second-order valence-corrected chi connectivity index (χ2v) is 5.50. The molecule has 4 nitrogen and oxygen atoms in total. The zero-order chi connectivity index (χ0) is 13.8. The summed E-state index contributed by atoms with van der Waals surface area (Å²) in [5.41, 5.74) is 1.24. The van der Waals surface area contributed by atoms with Crippen LogP contribution < -0.4 is 10.9 Å². The molecule has 3 aromatic heterocycles. The van der Waals surface area contributed by atoms with E-state index in [0.717, 1.165) is 28.7 Å². The van der Waals surface area contributed by atoms with E-state index in [2.05, 4.69) is 10.3 Å². The molecule has 0 saturated carbocycles. The molecule has 3 aromatic rings. The van der Waals surface area contributed by atoms with Gasteiger partial charge in [0.25, 0.3) is 5.56 Å². The quantitative estimate of drug-likeness (QED) is 0.731. The van der Waals surface area contributed by atoms with Crippen LogP contribution in [0.1, 0.15) is 5.56 Å². The lowest BCUT2D eigenvalue weighted by atomic mass is 10.3. The topological polar surface area (TPSA) is 46.9 Å². The number of nitrogens with one attached hydrogen (secondary N) is 1. The zero-order valence-corrected chi connectivity index (χ0v) is 11.8. The third kappa shape index (κ3) is 2.79. The molecule has 102 valence electrons. The Hall–Kier alpha value is -1.98. The summed E-state index contributed by atoms with van der Waals surface area (Å²) >= 11 is 1.60. The van der Waals surface area contributed by atoms with Crippen molar-refractivity contribution in [3.63, 3.8) is 0 Å². The van der Waals surface area contributed by atoms with E-state index in [1.807, 2.05) is 42.0 Å². The van der Waals surface area contributed by atoms with Crippen LogP contribution in [-0.4, -0.2) is 16.1 Å². The molecule has 0 aliphatic heterocycles. The van der Waals surface area contributed by atoms with Gasteiger partial charge in [0, 0.05) is 42.9 Å². The van der Waals surface area contributed by atoms with Gasteiger partial charge in [-0.3, -0.25) is 9.78 Å². The van der Waals surface area contributed by atoms with Gasteiger partial charge in [-0.05, 0) is 29.1 Å². The molecule has 1 N–H and O–H groups in total. The Labute approximate surface area is 120 Å². The Kier molecular flexibility index (Phi) is 3.90. The fraction of sp³-hybridized carbons (Fsp3) is 0.200. The highest BCUT2D eigenvalue weighted by atomic mass is 32.1. The van der Waals surface area contributed by atoms with Crippen LogP contribution in [0, 0.1) is 0 Å². The van der Waals surface area contributed by atoms with Gasteiger partial charge in [0.1, 0.15) is 0 Å². The molecular formula is C15H15N3OS. The molecule has 0 aliphatic rings. The SMILES string of the molecule is O=c1c2ccsc2ccn1CCNCc1cccnc1.